The van der Waals surface area contributed by atoms with Crippen molar-refractivity contribution >= 4 is 17.7 Å². The van der Waals surface area contributed by atoms with Crippen LogP contribution in [0.15, 0.2) is 11.2 Å². The fourth-order valence-electron chi connectivity index (χ4n) is 2.78. The molecule has 122 valence electrons. The van der Waals surface area contributed by atoms with Crippen LogP contribution in [0.2, 0.25) is 0 Å². The molecule has 1 aliphatic rings. The van der Waals surface area contributed by atoms with Crippen molar-refractivity contribution in [2.24, 2.45) is 5.92 Å². The van der Waals surface area contributed by atoms with Crippen LogP contribution in [-0.4, -0.2) is 52.7 Å². The first-order valence-corrected chi connectivity index (χ1v) is 8.95. The van der Waals surface area contributed by atoms with Gasteiger partial charge in [0.05, 0.1) is 5.75 Å². The largest absolute Gasteiger partial charge is 0.354 e. The summed E-state index contributed by atoms with van der Waals surface area (Å²) in [5, 5.41) is 3.67. The molecule has 1 aromatic heterocycles. The Bertz CT molecular complexity index is 489. The fraction of sp³-hybridized carbons (Fsp3) is 0.688. The summed E-state index contributed by atoms with van der Waals surface area (Å²) >= 11 is 1.40. The number of carbonyl (C=O) groups excluding carboxylic acids is 1. The zero-order valence-electron chi connectivity index (χ0n) is 13.8. The summed E-state index contributed by atoms with van der Waals surface area (Å²) in [4.78, 5) is 23.0. The molecule has 2 heterocycles. The molecule has 1 amide bonds. The smallest absolute Gasteiger partial charge is 0.230 e. The lowest BCUT2D eigenvalue weighted by atomic mass is 10.0. The van der Waals surface area contributed by atoms with Crippen molar-refractivity contribution in [3.05, 3.63) is 17.5 Å². The molecular weight excluding hydrogens is 296 g/mol. The van der Waals surface area contributed by atoms with Crippen molar-refractivity contribution < 1.29 is 4.79 Å². The van der Waals surface area contributed by atoms with Crippen molar-refractivity contribution in [1.29, 1.82) is 0 Å². The summed E-state index contributed by atoms with van der Waals surface area (Å²) in [7, 11) is 0. The van der Waals surface area contributed by atoms with Crippen molar-refractivity contribution in [3.63, 3.8) is 0 Å². The Kier molecular flexibility index (Phi) is 6.64. The van der Waals surface area contributed by atoms with E-state index >= 15 is 0 Å². The van der Waals surface area contributed by atoms with Gasteiger partial charge in [0.15, 0.2) is 5.16 Å². The van der Waals surface area contributed by atoms with Gasteiger partial charge in [-0.1, -0.05) is 18.7 Å². The molecule has 5 nitrogen and oxygen atoms in total. The van der Waals surface area contributed by atoms with E-state index in [1.54, 1.807) is 0 Å². The number of nitrogens with one attached hydrogen (secondary N) is 1. The number of aromatic nitrogens is 2. The maximum atomic E-state index is 11.9. The van der Waals surface area contributed by atoms with Crippen LogP contribution in [0.3, 0.4) is 0 Å². The zero-order chi connectivity index (χ0) is 15.9. The number of amides is 1. The van der Waals surface area contributed by atoms with Crippen LogP contribution in [0.1, 0.15) is 31.2 Å². The van der Waals surface area contributed by atoms with Gasteiger partial charge >= 0.3 is 0 Å². The van der Waals surface area contributed by atoms with Gasteiger partial charge in [-0.25, -0.2) is 9.97 Å². The molecule has 0 bridgehead atoms. The van der Waals surface area contributed by atoms with Gasteiger partial charge in [-0.2, -0.15) is 0 Å². The van der Waals surface area contributed by atoms with Crippen LogP contribution in [0, 0.1) is 19.8 Å². The first kappa shape index (κ1) is 17.2. The Morgan fingerprint density at radius 2 is 2.14 bits per heavy atom. The summed E-state index contributed by atoms with van der Waals surface area (Å²) in [5.41, 5.74) is 1.88. The molecule has 0 spiro atoms. The molecule has 0 saturated carbocycles. The zero-order valence-corrected chi connectivity index (χ0v) is 14.6. The standard InChI is InChI=1S/C16H26N4OS/c1-12-5-4-7-20(10-12)8-6-17-15(21)11-22-16-18-13(2)9-14(3)19-16/h9,12H,4-8,10-11H2,1-3H3,(H,17,21)/t12-/m1/s1. The molecule has 22 heavy (non-hydrogen) atoms. The predicted molar refractivity (Wildman–Crippen MR) is 90.1 cm³/mol. The lowest BCUT2D eigenvalue weighted by Crippen LogP contribution is -2.40. The number of hydrogen-bond donors (Lipinski definition) is 1. The van der Waals surface area contributed by atoms with Gasteiger partial charge in [-0.3, -0.25) is 4.79 Å². The molecule has 0 aromatic carbocycles. The third-order valence-electron chi connectivity index (χ3n) is 3.79. The Morgan fingerprint density at radius 3 is 2.82 bits per heavy atom. The molecule has 1 N–H and O–H groups in total. The van der Waals surface area contributed by atoms with Crippen LogP contribution in [0.4, 0.5) is 0 Å². The van der Waals surface area contributed by atoms with Gasteiger partial charge in [0.25, 0.3) is 0 Å². The molecule has 6 heteroatoms. The molecule has 1 aliphatic heterocycles. The number of thioether (sulfide) groups is 1. The number of likely N-dealkylation sites (tertiary alicyclic amines) is 1. The van der Waals surface area contributed by atoms with Crippen molar-refractivity contribution in [2.45, 2.75) is 38.8 Å². The summed E-state index contributed by atoms with van der Waals surface area (Å²) < 4.78 is 0. The molecule has 2 rings (SSSR count). The highest BCUT2D eigenvalue weighted by Crippen LogP contribution is 2.15. The van der Waals surface area contributed by atoms with Crippen LogP contribution >= 0.6 is 11.8 Å². The van der Waals surface area contributed by atoms with E-state index in [1.165, 1.54) is 24.6 Å². The van der Waals surface area contributed by atoms with Gasteiger partial charge in [0.1, 0.15) is 0 Å². The molecule has 0 radical (unpaired) electrons. The highest BCUT2D eigenvalue weighted by molar-refractivity contribution is 7.99. The molecule has 1 fully saturated rings. The summed E-state index contributed by atoms with van der Waals surface area (Å²) in [5.74, 6) is 1.21. The topological polar surface area (TPSA) is 58.1 Å². The average molecular weight is 322 g/mol. The number of rotatable bonds is 6. The van der Waals surface area contributed by atoms with Crippen LogP contribution in [0.25, 0.3) is 0 Å². The first-order chi connectivity index (χ1) is 10.5. The third kappa shape index (κ3) is 5.93. The highest BCUT2D eigenvalue weighted by atomic mass is 32.2. The minimum absolute atomic E-state index is 0.0535. The van der Waals surface area contributed by atoms with E-state index in [1.807, 2.05) is 19.9 Å². The maximum Gasteiger partial charge on any atom is 0.230 e. The van der Waals surface area contributed by atoms with E-state index in [0.717, 1.165) is 43.5 Å². The Labute approximate surface area is 137 Å². The van der Waals surface area contributed by atoms with Gasteiger partial charge in [0.2, 0.25) is 5.91 Å². The number of piperidine rings is 1. The Hall–Kier alpha value is -1.14. The van der Waals surface area contributed by atoms with Crippen LogP contribution in [0.5, 0.6) is 0 Å². The lowest BCUT2D eigenvalue weighted by molar-refractivity contribution is -0.118. The van der Waals surface area contributed by atoms with Crippen LogP contribution < -0.4 is 5.32 Å². The van der Waals surface area contributed by atoms with E-state index in [9.17, 15) is 4.79 Å². The van der Waals surface area contributed by atoms with Crippen LogP contribution in [-0.2, 0) is 4.79 Å². The number of carbonyl (C=O) groups is 1. The van der Waals surface area contributed by atoms with Crippen molar-refractivity contribution in [2.75, 3.05) is 31.9 Å². The van der Waals surface area contributed by atoms with Gasteiger partial charge in [0, 0.05) is 31.0 Å². The van der Waals surface area contributed by atoms with Crippen molar-refractivity contribution in [3.8, 4) is 0 Å². The molecule has 0 aliphatic carbocycles. The van der Waals surface area contributed by atoms with E-state index in [2.05, 4.69) is 27.1 Å². The monoisotopic (exact) mass is 322 g/mol. The quantitative estimate of drug-likeness (QED) is 0.641. The number of aryl methyl sites for hydroxylation is 2. The molecule has 1 aromatic rings. The normalized spacial score (nSPS) is 19.1. The second kappa shape index (κ2) is 8.48. The molecule has 1 saturated heterocycles. The van der Waals surface area contributed by atoms with Gasteiger partial charge in [-0.15, -0.1) is 0 Å². The van der Waals surface area contributed by atoms with E-state index in [0.29, 0.717) is 10.9 Å². The summed E-state index contributed by atoms with van der Waals surface area (Å²) in [6.45, 7) is 10.2. The van der Waals surface area contributed by atoms with Crippen molar-refractivity contribution in [1.82, 2.24) is 20.2 Å². The number of hydrogen-bond acceptors (Lipinski definition) is 5. The minimum atomic E-state index is 0.0535. The maximum absolute atomic E-state index is 11.9. The molecular formula is C16H26N4OS. The second-order valence-corrected chi connectivity index (χ2v) is 7.06. The summed E-state index contributed by atoms with van der Waals surface area (Å²) in [6, 6.07) is 1.93. The summed E-state index contributed by atoms with van der Waals surface area (Å²) in [6.07, 6.45) is 2.60. The van der Waals surface area contributed by atoms with E-state index < -0.39 is 0 Å². The molecule has 1 atom stereocenters. The highest BCUT2D eigenvalue weighted by Gasteiger charge is 2.15. The number of nitrogens with zero attached hydrogens (tertiary/aromatic N) is 3. The first-order valence-electron chi connectivity index (χ1n) is 7.97. The van der Waals surface area contributed by atoms with Gasteiger partial charge in [-0.05, 0) is 45.2 Å². The minimum Gasteiger partial charge on any atom is -0.354 e. The van der Waals surface area contributed by atoms with Gasteiger partial charge < -0.3 is 10.2 Å². The Balaban J connectivity index is 1.65. The average Bonchev–Trinajstić information content (AvgIpc) is 2.44. The third-order valence-corrected chi connectivity index (χ3v) is 4.63. The van der Waals surface area contributed by atoms with E-state index in [4.69, 9.17) is 0 Å². The lowest BCUT2D eigenvalue weighted by Gasteiger charge is -2.30. The second-order valence-electron chi connectivity index (χ2n) is 6.12. The Morgan fingerprint density at radius 1 is 1.41 bits per heavy atom. The fourth-order valence-corrected chi connectivity index (χ4v) is 3.56. The predicted octanol–water partition coefficient (Wildman–Crippen LogP) is 2.03. The SMILES string of the molecule is Cc1cc(C)nc(SCC(=O)NCCN2CCC[C@@H](C)C2)n1. The van der Waals surface area contributed by atoms with E-state index in [-0.39, 0.29) is 5.91 Å². The molecule has 0 unspecified atom stereocenters.